The van der Waals surface area contributed by atoms with Gasteiger partial charge in [0, 0.05) is 18.2 Å². The van der Waals surface area contributed by atoms with Crippen LogP contribution >= 0.6 is 0 Å². The summed E-state index contributed by atoms with van der Waals surface area (Å²) in [5.74, 6) is -2.17. The first-order valence-electron chi connectivity index (χ1n) is 6.94. The first-order valence-corrected chi connectivity index (χ1v) is 6.94. The summed E-state index contributed by atoms with van der Waals surface area (Å²) in [7, 11) is 0. The second-order valence-electron chi connectivity index (χ2n) is 4.92. The first kappa shape index (κ1) is 18.9. The van der Waals surface area contributed by atoms with E-state index in [1.165, 1.54) is 24.3 Å². The molecule has 0 fully saturated rings. The highest BCUT2D eigenvalue weighted by atomic mass is 16.6. The maximum atomic E-state index is 12.0. The molecular weight excluding hydrogens is 366 g/mol. The number of hydrogen-bond acceptors (Lipinski definition) is 9. The van der Waals surface area contributed by atoms with Crippen molar-refractivity contribution in [3.63, 3.8) is 0 Å². The number of benzene rings is 2. The number of nitrogens with one attached hydrogen (secondary N) is 1. The molecule has 0 aromatic heterocycles. The average molecular weight is 375 g/mol. The van der Waals surface area contributed by atoms with Crippen LogP contribution in [0.3, 0.4) is 0 Å². The van der Waals surface area contributed by atoms with E-state index in [0.717, 1.165) is 6.21 Å². The Bertz CT molecular complexity index is 970. The fourth-order valence-electron chi connectivity index (χ4n) is 1.93. The van der Waals surface area contributed by atoms with E-state index in [9.17, 15) is 40.2 Å². The number of nitrogens with zero attached hydrogens (tertiary/aromatic N) is 4. The summed E-state index contributed by atoms with van der Waals surface area (Å²) in [6.45, 7) is 0. The van der Waals surface area contributed by atoms with E-state index < -0.39 is 43.4 Å². The van der Waals surface area contributed by atoms with Crippen molar-refractivity contribution in [3.8, 4) is 5.75 Å². The fraction of sp³-hybridized carbons (Fsp3) is 0. The van der Waals surface area contributed by atoms with Gasteiger partial charge in [-0.3, -0.25) is 35.1 Å². The minimum atomic E-state index is -1.13. The van der Waals surface area contributed by atoms with Crippen LogP contribution in [-0.2, 0) is 0 Å². The van der Waals surface area contributed by atoms with E-state index in [1.807, 2.05) is 5.43 Å². The van der Waals surface area contributed by atoms with Gasteiger partial charge in [0.15, 0.2) is 0 Å². The average Bonchev–Trinajstić information content (AvgIpc) is 2.61. The van der Waals surface area contributed by atoms with Gasteiger partial charge >= 0.3 is 5.69 Å². The summed E-state index contributed by atoms with van der Waals surface area (Å²) in [5, 5.41) is 45.6. The van der Waals surface area contributed by atoms with Gasteiger partial charge in [0.05, 0.1) is 32.6 Å². The van der Waals surface area contributed by atoms with Crippen molar-refractivity contribution < 1.29 is 24.7 Å². The van der Waals surface area contributed by atoms with Gasteiger partial charge in [0.2, 0.25) is 5.75 Å². The van der Waals surface area contributed by atoms with Crippen molar-refractivity contribution in [2.45, 2.75) is 0 Å². The highest BCUT2D eigenvalue weighted by Crippen LogP contribution is 2.34. The van der Waals surface area contributed by atoms with Crippen LogP contribution in [0.15, 0.2) is 41.5 Å². The Morgan fingerprint density at radius 2 is 1.56 bits per heavy atom. The molecule has 13 heteroatoms. The normalized spacial score (nSPS) is 10.5. The monoisotopic (exact) mass is 375 g/mol. The number of phenolic OH excluding ortho intramolecular Hbond substituents is 1. The predicted octanol–water partition coefficient (Wildman–Crippen LogP) is 1.88. The van der Waals surface area contributed by atoms with Crippen molar-refractivity contribution in [2.75, 3.05) is 0 Å². The lowest BCUT2D eigenvalue weighted by Crippen LogP contribution is -2.18. The maximum absolute atomic E-state index is 12.0. The summed E-state index contributed by atoms with van der Waals surface area (Å²) in [6.07, 6.45) is 1.12. The van der Waals surface area contributed by atoms with Gasteiger partial charge in [0.25, 0.3) is 17.3 Å². The van der Waals surface area contributed by atoms with Gasteiger partial charge in [-0.05, 0) is 17.7 Å². The lowest BCUT2D eigenvalue weighted by Gasteiger charge is -2.04. The smallest absolute Gasteiger partial charge is 0.318 e. The van der Waals surface area contributed by atoms with Crippen LogP contribution in [0, 0.1) is 30.3 Å². The Kier molecular flexibility index (Phi) is 5.35. The molecule has 0 saturated heterocycles. The van der Waals surface area contributed by atoms with E-state index in [2.05, 4.69) is 5.10 Å². The zero-order chi connectivity index (χ0) is 20.1. The van der Waals surface area contributed by atoms with Gasteiger partial charge in [-0.15, -0.1) is 0 Å². The van der Waals surface area contributed by atoms with Gasteiger partial charge in [-0.1, -0.05) is 0 Å². The molecule has 13 nitrogen and oxygen atoms in total. The second kappa shape index (κ2) is 7.64. The minimum Gasteiger partial charge on any atom is -0.502 e. The Labute approximate surface area is 149 Å². The standard InChI is InChI=1S/C14H9N5O8/c20-13-11(5-10(18(24)25)6-12(13)19(26)27)14(21)16-15-7-8-1-3-9(4-2-8)17(22)23/h1-7,20H,(H,16,21)/b15-7-. The quantitative estimate of drug-likeness (QED) is 0.434. The molecule has 1 amide bonds. The molecule has 0 unspecified atom stereocenters. The molecule has 2 aromatic carbocycles. The lowest BCUT2D eigenvalue weighted by atomic mass is 10.1. The molecule has 0 atom stereocenters. The molecule has 0 bridgehead atoms. The number of amides is 1. The summed E-state index contributed by atoms with van der Waals surface area (Å²) >= 11 is 0. The van der Waals surface area contributed by atoms with Crippen LogP contribution < -0.4 is 5.43 Å². The SMILES string of the molecule is O=C(N/N=C\c1ccc([N+](=O)[O-])cc1)c1cc([N+](=O)[O-])cc([N+](=O)[O-])c1O. The van der Waals surface area contributed by atoms with Crippen molar-refractivity contribution in [1.82, 2.24) is 5.43 Å². The van der Waals surface area contributed by atoms with E-state index in [4.69, 9.17) is 0 Å². The predicted molar refractivity (Wildman–Crippen MR) is 89.6 cm³/mol. The first-order chi connectivity index (χ1) is 12.7. The van der Waals surface area contributed by atoms with Crippen molar-refractivity contribution in [2.24, 2.45) is 5.10 Å². The van der Waals surface area contributed by atoms with E-state index in [0.29, 0.717) is 17.7 Å². The molecule has 27 heavy (non-hydrogen) atoms. The molecule has 0 heterocycles. The molecule has 138 valence electrons. The molecule has 0 spiro atoms. The molecule has 2 N–H and O–H groups in total. The topological polar surface area (TPSA) is 191 Å². The lowest BCUT2D eigenvalue weighted by molar-refractivity contribution is -0.394. The van der Waals surface area contributed by atoms with Crippen molar-refractivity contribution in [1.29, 1.82) is 0 Å². The number of carbonyl (C=O) groups excluding carboxylic acids is 1. The number of carbonyl (C=O) groups is 1. The summed E-state index contributed by atoms with van der Waals surface area (Å²) in [4.78, 5) is 41.6. The highest BCUT2D eigenvalue weighted by molar-refractivity contribution is 5.99. The number of phenols is 1. The van der Waals surface area contributed by atoms with Crippen LogP contribution in [0.4, 0.5) is 17.1 Å². The largest absolute Gasteiger partial charge is 0.502 e. The molecule has 0 radical (unpaired) electrons. The maximum Gasteiger partial charge on any atom is 0.318 e. The summed E-state index contributed by atoms with van der Waals surface area (Å²) < 4.78 is 0. The van der Waals surface area contributed by atoms with Crippen LogP contribution in [0.1, 0.15) is 15.9 Å². The number of hydrazone groups is 1. The van der Waals surface area contributed by atoms with E-state index in [-0.39, 0.29) is 5.69 Å². The summed E-state index contributed by atoms with van der Waals surface area (Å²) in [6, 6.07) is 6.30. The van der Waals surface area contributed by atoms with Crippen molar-refractivity contribution in [3.05, 3.63) is 77.9 Å². The Morgan fingerprint density at radius 1 is 0.963 bits per heavy atom. The zero-order valence-corrected chi connectivity index (χ0v) is 13.1. The van der Waals surface area contributed by atoms with Gasteiger partial charge < -0.3 is 5.11 Å². The molecule has 0 aliphatic heterocycles. The number of non-ortho nitro benzene ring substituents is 2. The fourth-order valence-corrected chi connectivity index (χ4v) is 1.93. The number of nitro groups is 3. The third kappa shape index (κ3) is 4.36. The molecule has 0 saturated carbocycles. The number of rotatable bonds is 6. The third-order valence-electron chi connectivity index (χ3n) is 3.21. The Hall–Kier alpha value is -4.42. The summed E-state index contributed by atoms with van der Waals surface area (Å²) in [5.41, 5.74) is -0.292. The number of hydrogen-bond donors (Lipinski definition) is 2. The van der Waals surface area contributed by atoms with Gasteiger partial charge in [0.1, 0.15) is 0 Å². The molecule has 0 aliphatic rings. The minimum absolute atomic E-state index is 0.148. The number of nitro benzene ring substituents is 3. The third-order valence-corrected chi connectivity index (χ3v) is 3.21. The molecule has 2 rings (SSSR count). The van der Waals surface area contributed by atoms with E-state index >= 15 is 0 Å². The Morgan fingerprint density at radius 3 is 2.07 bits per heavy atom. The van der Waals surface area contributed by atoms with Crippen LogP contribution in [0.2, 0.25) is 0 Å². The van der Waals surface area contributed by atoms with Crippen molar-refractivity contribution >= 4 is 29.2 Å². The van der Waals surface area contributed by atoms with Crippen LogP contribution in [-0.4, -0.2) is 32.0 Å². The second-order valence-corrected chi connectivity index (χ2v) is 4.92. The van der Waals surface area contributed by atoms with Gasteiger partial charge in [-0.25, -0.2) is 5.43 Å². The van der Waals surface area contributed by atoms with Gasteiger partial charge in [-0.2, -0.15) is 5.10 Å². The molecule has 0 aliphatic carbocycles. The van der Waals surface area contributed by atoms with Crippen LogP contribution in [0.5, 0.6) is 5.75 Å². The zero-order valence-electron chi connectivity index (χ0n) is 13.1. The molecular formula is C14H9N5O8. The highest BCUT2D eigenvalue weighted by Gasteiger charge is 2.27. The number of aromatic hydroxyl groups is 1. The molecule has 2 aromatic rings. The Balaban J connectivity index is 2.23. The van der Waals surface area contributed by atoms with Crippen LogP contribution in [0.25, 0.3) is 0 Å². The van der Waals surface area contributed by atoms with E-state index in [1.54, 1.807) is 0 Å².